The van der Waals surface area contributed by atoms with Gasteiger partial charge in [0.1, 0.15) is 12.4 Å². The van der Waals surface area contributed by atoms with Crippen LogP contribution in [0.2, 0.25) is 5.02 Å². The summed E-state index contributed by atoms with van der Waals surface area (Å²) in [7, 11) is 1.66. The second kappa shape index (κ2) is 4.09. The zero-order valence-electron chi connectivity index (χ0n) is 7.07. The lowest BCUT2D eigenvalue weighted by atomic mass is 10.4. The summed E-state index contributed by atoms with van der Waals surface area (Å²) in [5.41, 5.74) is 0. The van der Waals surface area contributed by atoms with Gasteiger partial charge in [0, 0.05) is 13.2 Å². The molecule has 0 aromatic carbocycles. The molecule has 70 valence electrons. The van der Waals surface area contributed by atoms with Gasteiger partial charge in [-0.25, -0.2) is 4.98 Å². The van der Waals surface area contributed by atoms with E-state index in [1.165, 1.54) is 11.1 Å². The van der Waals surface area contributed by atoms with Crippen LogP contribution in [0.4, 0.5) is 5.82 Å². The number of carboxylic acid groups (broad SMARTS) is 1. The largest absolute Gasteiger partial charge is 0.480 e. The van der Waals surface area contributed by atoms with Crippen LogP contribution < -0.4 is 4.90 Å². The summed E-state index contributed by atoms with van der Waals surface area (Å²) in [5.74, 6) is -0.300. The standard InChI is InChI=1S/C8H9ClN2O2/c1-11(5-8(12)13)7-3-2-6(9)4-10-7/h2-4H,5H2,1H3,(H,12,13). The van der Waals surface area contributed by atoms with E-state index in [1.54, 1.807) is 19.2 Å². The van der Waals surface area contributed by atoms with Crippen LogP contribution in [0.25, 0.3) is 0 Å². The van der Waals surface area contributed by atoms with Gasteiger partial charge >= 0.3 is 5.97 Å². The third-order valence-corrected chi connectivity index (χ3v) is 1.70. The Kier molecular flexibility index (Phi) is 3.08. The first-order valence-electron chi connectivity index (χ1n) is 3.64. The van der Waals surface area contributed by atoms with Crippen molar-refractivity contribution < 1.29 is 9.90 Å². The maximum absolute atomic E-state index is 10.4. The number of rotatable bonds is 3. The van der Waals surface area contributed by atoms with Crippen LogP contribution in [-0.2, 0) is 4.79 Å². The summed E-state index contributed by atoms with van der Waals surface area (Å²) in [4.78, 5) is 15.8. The van der Waals surface area contributed by atoms with Crippen LogP contribution >= 0.6 is 11.6 Å². The van der Waals surface area contributed by atoms with Crippen molar-refractivity contribution in [3.05, 3.63) is 23.4 Å². The first kappa shape index (κ1) is 9.80. The Bertz CT molecular complexity index is 300. The average molecular weight is 201 g/mol. The molecule has 0 aliphatic heterocycles. The minimum Gasteiger partial charge on any atom is -0.480 e. The molecule has 0 atom stereocenters. The van der Waals surface area contributed by atoms with E-state index in [4.69, 9.17) is 16.7 Å². The quantitative estimate of drug-likeness (QED) is 0.798. The Hall–Kier alpha value is -1.29. The fourth-order valence-electron chi connectivity index (χ4n) is 0.878. The monoisotopic (exact) mass is 200 g/mol. The van der Waals surface area contributed by atoms with E-state index in [0.29, 0.717) is 10.8 Å². The lowest BCUT2D eigenvalue weighted by Gasteiger charge is -2.14. The Morgan fingerprint density at radius 3 is 2.85 bits per heavy atom. The Labute approximate surface area is 80.8 Å². The number of aromatic nitrogens is 1. The molecule has 0 spiro atoms. The van der Waals surface area contributed by atoms with Gasteiger partial charge in [-0.15, -0.1) is 0 Å². The normalized spacial score (nSPS) is 9.69. The van der Waals surface area contributed by atoms with Crippen LogP contribution in [0, 0.1) is 0 Å². The number of halogens is 1. The van der Waals surface area contributed by atoms with Gasteiger partial charge in [-0.1, -0.05) is 11.6 Å². The number of hydrogen-bond acceptors (Lipinski definition) is 3. The highest BCUT2D eigenvalue weighted by Gasteiger charge is 2.05. The molecule has 13 heavy (non-hydrogen) atoms. The van der Waals surface area contributed by atoms with Gasteiger partial charge in [0.2, 0.25) is 0 Å². The first-order chi connectivity index (χ1) is 6.09. The molecule has 0 aliphatic carbocycles. The number of hydrogen-bond donors (Lipinski definition) is 1. The van der Waals surface area contributed by atoms with E-state index in [1.807, 2.05) is 0 Å². The highest BCUT2D eigenvalue weighted by atomic mass is 35.5. The molecule has 0 bridgehead atoms. The van der Waals surface area contributed by atoms with Crippen LogP contribution in [0.15, 0.2) is 18.3 Å². The lowest BCUT2D eigenvalue weighted by Crippen LogP contribution is -2.25. The smallest absolute Gasteiger partial charge is 0.323 e. The predicted octanol–water partition coefficient (Wildman–Crippen LogP) is 1.26. The van der Waals surface area contributed by atoms with Gasteiger partial charge in [0.15, 0.2) is 0 Å². The zero-order valence-corrected chi connectivity index (χ0v) is 7.82. The molecule has 0 radical (unpaired) electrons. The maximum Gasteiger partial charge on any atom is 0.323 e. The molecule has 0 saturated carbocycles. The van der Waals surface area contributed by atoms with Crippen molar-refractivity contribution in [2.24, 2.45) is 0 Å². The molecular weight excluding hydrogens is 192 g/mol. The third-order valence-electron chi connectivity index (χ3n) is 1.48. The topological polar surface area (TPSA) is 53.4 Å². The molecule has 0 aliphatic rings. The summed E-state index contributed by atoms with van der Waals surface area (Å²) in [6.07, 6.45) is 1.48. The van der Waals surface area contributed by atoms with Gasteiger partial charge < -0.3 is 10.0 Å². The number of nitrogens with zero attached hydrogens (tertiary/aromatic N) is 2. The molecule has 4 nitrogen and oxygen atoms in total. The maximum atomic E-state index is 10.4. The molecule has 0 fully saturated rings. The highest BCUT2D eigenvalue weighted by molar-refractivity contribution is 6.30. The zero-order chi connectivity index (χ0) is 9.84. The number of carboxylic acids is 1. The minimum atomic E-state index is -0.890. The average Bonchev–Trinajstić information content (AvgIpc) is 2.04. The fourth-order valence-corrected chi connectivity index (χ4v) is 0.989. The van der Waals surface area contributed by atoms with E-state index in [0.717, 1.165) is 0 Å². The SMILES string of the molecule is CN(CC(=O)O)c1ccc(Cl)cn1. The number of likely N-dealkylation sites (N-methyl/N-ethyl adjacent to an activating group) is 1. The van der Waals surface area contributed by atoms with E-state index in [9.17, 15) is 4.79 Å². The molecule has 1 rings (SSSR count). The summed E-state index contributed by atoms with van der Waals surface area (Å²) in [6.45, 7) is -0.0748. The van der Waals surface area contributed by atoms with E-state index in [-0.39, 0.29) is 6.54 Å². The minimum absolute atomic E-state index is 0.0748. The van der Waals surface area contributed by atoms with Crippen LogP contribution in [0.5, 0.6) is 0 Å². The molecule has 0 amide bonds. The van der Waals surface area contributed by atoms with Crippen LogP contribution in [0.1, 0.15) is 0 Å². The molecule has 0 unspecified atom stereocenters. The predicted molar refractivity (Wildman–Crippen MR) is 50.2 cm³/mol. The molecule has 1 aromatic heterocycles. The van der Waals surface area contributed by atoms with Gasteiger partial charge in [-0.3, -0.25) is 4.79 Å². The van der Waals surface area contributed by atoms with Gasteiger partial charge in [-0.2, -0.15) is 0 Å². The second-order valence-corrected chi connectivity index (χ2v) is 3.02. The summed E-state index contributed by atoms with van der Waals surface area (Å²) >= 11 is 5.62. The van der Waals surface area contributed by atoms with E-state index < -0.39 is 5.97 Å². The van der Waals surface area contributed by atoms with E-state index >= 15 is 0 Å². The number of anilines is 1. The fraction of sp³-hybridized carbons (Fsp3) is 0.250. The van der Waals surface area contributed by atoms with Crippen molar-refractivity contribution in [1.29, 1.82) is 0 Å². The summed E-state index contributed by atoms with van der Waals surface area (Å²) in [5, 5.41) is 9.04. The molecule has 0 saturated heterocycles. The van der Waals surface area contributed by atoms with Crippen molar-refractivity contribution in [2.75, 3.05) is 18.5 Å². The van der Waals surface area contributed by atoms with Crippen molar-refractivity contribution in [1.82, 2.24) is 4.98 Å². The van der Waals surface area contributed by atoms with Crippen molar-refractivity contribution >= 4 is 23.4 Å². The van der Waals surface area contributed by atoms with Crippen molar-refractivity contribution in [2.45, 2.75) is 0 Å². The summed E-state index contributed by atoms with van der Waals surface area (Å²) in [6, 6.07) is 3.34. The van der Waals surface area contributed by atoms with Gasteiger partial charge in [-0.05, 0) is 12.1 Å². The number of carbonyl (C=O) groups is 1. The van der Waals surface area contributed by atoms with Crippen molar-refractivity contribution in [3.63, 3.8) is 0 Å². The Balaban J connectivity index is 2.71. The third kappa shape index (κ3) is 2.91. The van der Waals surface area contributed by atoms with Crippen LogP contribution in [0.3, 0.4) is 0 Å². The van der Waals surface area contributed by atoms with Crippen LogP contribution in [-0.4, -0.2) is 29.7 Å². The van der Waals surface area contributed by atoms with Crippen molar-refractivity contribution in [3.8, 4) is 0 Å². The first-order valence-corrected chi connectivity index (χ1v) is 4.02. The Morgan fingerprint density at radius 1 is 1.69 bits per heavy atom. The summed E-state index contributed by atoms with van der Waals surface area (Å²) < 4.78 is 0. The molecule has 5 heteroatoms. The molecule has 1 N–H and O–H groups in total. The molecule has 1 heterocycles. The molecular formula is C8H9ClN2O2. The van der Waals surface area contributed by atoms with E-state index in [2.05, 4.69) is 4.98 Å². The number of pyridine rings is 1. The lowest BCUT2D eigenvalue weighted by molar-refractivity contribution is -0.135. The van der Waals surface area contributed by atoms with Gasteiger partial charge in [0.25, 0.3) is 0 Å². The highest BCUT2D eigenvalue weighted by Crippen LogP contribution is 2.12. The molecule has 1 aromatic rings. The van der Waals surface area contributed by atoms with Gasteiger partial charge in [0.05, 0.1) is 5.02 Å². The Morgan fingerprint density at radius 2 is 2.38 bits per heavy atom. The number of aliphatic carboxylic acids is 1. The second-order valence-electron chi connectivity index (χ2n) is 2.58.